The first-order valence-electron chi connectivity index (χ1n) is 5.60. The van der Waals surface area contributed by atoms with Crippen molar-refractivity contribution < 1.29 is 13.2 Å². The number of benzene rings is 1. The Morgan fingerprint density at radius 1 is 1.18 bits per heavy atom. The van der Waals surface area contributed by atoms with Gasteiger partial charge in [-0.15, -0.1) is 0 Å². The Morgan fingerprint density at radius 2 is 1.76 bits per heavy atom. The minimum absolute atomic E-state index is 0.298. The van der Waals surface area contributed by atoms with Crippen molar-refractivity contribution in [2.24, 2.45) is 5.14 Å². The summed E-state index contributed by atoms with van der Waals surface area (Å²) in [5.41, 5.74) is 0.436. The van der Waals surface area contributed by atoms with E-state index in [1.165, 1.54) is 12.8 Å². The molecule has 1 aliphatic rings. The van der Waals surface area contributed by atoms with E-state index in [-0.39, 0.29) is 0 Å². The van der Waals surface area contributed by atoms with Crippen molar-refractivity contribution in [2.45, 2.75) is 31.8 Å². The quantitative estimate of drug-likeness (QED) is 0.859. The molecule has 1 aromatic rings. The van der Waals surface area contributed by atoms with Crippen LogP contribution in [0.15, 0.2) is 24.3 Å². The summed E-state index contributed by atoms with van der Waals surface area (Å²) >= 11 is 0. The second-order valence-electron chi connectivity index (χ2n) is 4.20. The van der Waals surface area contributed by atoms with E-state index >= 15 is 0 Å². The van der Waals surface area contributed by atoms with Crippen LogP contribution in [0.1, 0.15) is 25.7 Å². The van der Waals surface area contributed by atoms with Gasteiger partial charge < -0.3 is 4.74 Å². The molecule has 6 heteroatoms. The van der Waals surface area contributed by atoms with E-state index in [0.29, 0.717) is 11.8 Å². The monoisotopic (exact) mass is 256 g/mol. The third kappa shape index (κ3) is 3.90. The van der Waals surface area contributed by atoms with Gasteiger partial charge in [0.25, 0.3) is 10.2 Å². The fraction of sp³-hybridized carbons (Fsp3) is 0.455. The number of anilines is 1. The highest BCUT2D eigenvalue weighted by molar-refractivity contribution is 7.90. The maximum absolute atomic E-state index is 10.8. The molecule has 0 amide bonds. The third-order valence-electron chi connectivity index (χ3n) is 2.72. The smallest absolute Gasteiger partial charge is 0.296 e. The highest BCUT2D eigenvalue weighted by Crippen LogP contribution is 2.24. The first-order chi connectivity index (χ1) is 8.03. The number of hydrogen-bond donors (Lipinski definition) is 2. The fourth-order valence-electron chi connectivity index (χ4n) is 1.96. The van der Waals surface area contributed by atoms with E-state index in [0.717, 1.165) is 18.6 Å². The van der Waals surface area contributed by atoms with Gasteiger partial charge in [0.1, 0.15) is 5.75 Å². The van der Waals surface area contributed by atoms with E-state index in [1.54, 1.807) is 24.3 Å². The minimum atomic E-state index is -3.70. The van der Waals surface area contributed by atoms with E-state index in [1.807, 2.05) is 0 Å². The van der Waals surface area contributed by atoms with Crippen LogP contribution in [0, 0.1) is 0 Å². The summed E-state index contributed by atoms with van der Waals surface area (Å²) in [5, 5.41) is 4.87. The predicted octanol–water partition coefficient (Wildman–Crippen LogP) is 1.62. The van der Waals surface area contributed by atoms with Gasteiger partial charge in [0.05, 0.1) is 6.10 Å². The number of ether oxygens (including phenoxy) is 1. The van der Waals surface area contributed by atoms with Gasteiger partial charge in [0.2, 0.25) is 0 Å². The van der Waals surface area contributed by atoms with Gasteiger partial charge in [-0.3, -0.25) is 4.72 Å². The lowest BCUT2D eigenvalue weighted by molar-refractivity contribution is 0.210. The van der Waals surface area contributed by atoms with Gasteiger partial charge in [0, 0.05) is 5.69 Å². The Hall–Kier alpha value is -1.27. The van der Waals surface area contributed by atoms with E-state index in [9.17, 15) is 8.42 Å². The Labute approximate surface area is 101 Å². The molecule has 1 fully saturated rings. The van der Waals surface area contributed by atoms with Crippen LogP contribution >= 0.6 is 0 Å². The van der Waals surface area contributed by atoms with Gasteiger partial charge >= 0.3 is 0 Å². The average Bonchev–Trinajstić information content (AvgIpc) is 2.71. The number of nitrogens with one attached hydrogen (secondary N) is 1. The average molecular weight is 256 g/mol. The van der Waals surface area contributed by atoms with Crippen LogP contribution in [-0.2, 0) is 10.2 Å². The molecule has 0 radical (unpaired) electrons. The van der Waals surface area contributed by atoms with Crippen molar-refractivity contribution in [3.05, 3.63) is 24.3 Å². The van der Waals surface area contributed by atoms with E-state index in [4.69, 9.17) is 9.88 Å². The lowest BCUT2D eigenvalue weighted by Gasteiger charge is -2.13. The highest BCUT2D eigenvalue weighted by atomic mass is 32.2. The summed E-state index contributed by atoms with van der Waals surface area (Å²) < 4.78 is 29.5. The molecular weight excluding hydrogens is 240 g/mol. The molecule has 1 saturated carbocycles. The standard InChI is InChI=1S/C11H16N2O3S/c12-17(14,15)13-9-5-7-11(8-6-9)16-10-3-1-2-4-10/h5-8,10,13H,1-4H2,(H2,12,14,15). The molecule has 0 aromatic heterocycles. The molecule has 0 heterocycles. The largest absolute Gasteiger partial charge is 0.490 e. The number of hydrogen-bond acceptors (Lipinski definition) is 3. The lowest BCUT2D eigenvalue weighted by Crippen LogP contribution is -2.21. The third-order valence-corrected chi connectivity index (χ3v) is 3.24. The summed E-state index contributed by atoms with van der Waals surface area (Å²) in [6.45, 7) is 0. The molecule has 0 spiro atoms. The van der Waals surface area contributed by atoms with Crippen LogP contribution in [0.3, 0.4) is 0 Å². The van der Waals surface area contributed by atoms with Crippen LogP contribution in [-0.4, -0.2) is 14.5 Å². The molecule has 1 aromatic carbocycles. The zero-order valence-electron chi connectivity index (χ0n) is 9.43. The van der Waals surface area contributed by atoms with Gasteiger partial charge in [-0.2, -0.15) is 8.42 Å². The van der Waals surface area contributed by atoms with Crippen LogP contribution < -0.4 is 14.6 Å². The van der Waals surface area contributed by atoms with Crippen molar-refractivity contribution in [3.63, 3.8) is 0 Å². The summed E-state index contributed by atoms with van der Waals surface area (Å²) in [5.74, 6) is 0.761. The maximum Gasteiger partial charge on any atom is 0.296 e. The van der Waals surface area contributed by atoms with Crippen molar-refractivity contribution in [1.82, 2.24) is 0 Å². The molecular formula is C11H16N2O3S. The summed E-state index contributed by atoms with van der Waals surface area (Å²) in [6, 6.07) is 6.75. The zero-order chi connectivity index (χ0) is 12.3. The topological polar surface area (TPSA) is 81.4 Å². The van der Waals surface area contributed by atoms with Crippen molar-refractivity contribution in [2.75, 3.05) is 4.72 Å². The first kappa shape index (κ1) is 12.2. The molecule has 0 atom stereocenters. The first-order valence-corrected chi connectivity index (χ1v) is 7.15. The molecule has 0 unspecified atom stereocenters. The summed E-state index contributed by atoms with van der Waals surface area (Å²) in [4.78, 5) is 0. The molecule has 3 N–H and O–H groups in total. The SMILES string of the molecule is NS(=O)(=O)Nc1ccc(OC2CCCC2)cc1. The van der Waals surface area contributed by atoms with Crippen LogP contribution in [0.4, 0.5) is 5.69 Å². The Balaban J connectivity index is 1.97. The summed E-state index contributed by atoms with van der Waals surface area (Å²) in [7, 11) is -3.70. The molecule has 2 rings (SSSR count). The molecule has 5 nitrogen and oxygen atoms in total. The second-order valence-corrected chi connectivity index (χ2v) is 5.49. The van der Waals surface area contributed by atoms with E-state index in [2.05, 4.69) is 4.72 Å². The van der Waals surface area contributed by atoms with Crippen LogP contribution in [0.25, 0.3) is 0 Å². The van der Waals surface area contributed by atoms with Gasteiger partial charge in [0.15, 0.2) is 0 Å². The van der Waals surface area contributed by atoms with Crippen LogP contribution in [0.2, 0.25) is 0 Å². The molecule has 17 heavy (non-hydrogen) atoms. The van der Waals surface area contributed by atoms with Crippen LogP contribution in [0.5, 0.6) is 5.75 Å². The summed E-state index contributed by atoms with van der Waals surface area (Å²) in [6.07, 6.45) is 4.92. The normalized spacial score (nSPS) is 17.0. The number of rotatable bonds is 4. The lowest BCUT2D eigenvalue weighted by atomic mass is 10.3. The Bertz CT molecular complexity index is 464. The maximum atomic E-state index is 10.8. The molecule has 0 aliphatic heterocycles. The number of nitrogens with two attached hydrogens (primary N) is 1. The molecule has 94 valence electrons. The fourth-order valence-corrected chi connectivity index (χ4v) is 2.43. The molecule has 0 bridgehead atoms. The highest BCUT2D eigenvalue weighted by Gasteiger charge is 2.16. The van der Waals surface area contributed by atoms with Crippen molar-refractivity contribution in [1.29, 1.82) is 0 Å². The van der Waals surface area contributed by atoms with Gasteiger partial charge in [-0.1, -0.05) is 0 Å². The second kappa shape index (κ2) is 4.93. The van der Waals surface area contributed by atoms with Crippen molar-refractivity contribution >= 4 is 15.9 Å². The van der Waals surface area contributed by atoms with Gasteiger partial charge in [-0.25, -0.2) is 5.14 Å². The predicted molar refractivity (Wildman–Crippen MR) is 66.1 cm³/mol. The minimum Gasteiger partial charge on any atom is -0.490 e. The molecule has 0 saturated heterocycles. The Kier molecular flexibility index (Phi) is 3.54. The zero-order valence-corrected chi connectivity index (χ0v) is 10.2. The molecule has 1 aliphatic carbocycles. The van der Waals surface area contributed by atoms with Gasteiger partial charge in [-0.05, 0) is 49.9 Å². The Morgan fingerprint density at radius 3 is 2.29 bits per heavy atom. The van der Waals surface area contributed by atoms with Crippen molar-refractivity contribution in [3.8, 4) is 5.75 Å². The van der Waals surface area contributed by atoms with E-state index < -0.39 is 10.2 Å².